The van der Waals surface area contributed by atoms with Crippen molar-refractivity contribution in [2.24, 2.45) is 0 Å². The van der Waals surface area contributed by atoms with Gasteiger partial charge in [-0.15, -0.1) is 23.1 Å². The molecule has 6 nitrogen and oxygen atoms in total. The van der Waals surface area contributed by atoms with Crippen molar-refractivity contribution in [2.45, 2.75) is 36.0 Å². The standard InChI is InChI=1S/C20H22N2O4S2/c1-24-10-14-8-16(25-9-13-6-4-3-5-7-13)20(23,26-14)18-17-15(11-28-18)19(27-2)22-12-21-17/h3-7,11-12,14,16,23H,8-10H2,1-2H3. The Labute approximate surface area is 171 Å². The van der Waals surface area contributed by atoms with Gasteiger partial charge in [-0.25, -0.2) is 9.97 Å². The molecule has 1 fully saturated rings. The molecule has 0 bridgehead atoms. The third kappa shape index (κ3) is 3.68. The minimum absolute atomic E-state index is 0.255. The molecule has 1 N–H and O–H groups in total. The monoisotopic (exact) mass is 418 g/mol. The van der Waals surface area contributed by atoms with Crippen LogP contribution in [0.15, 0.2) is 47.1 Å². The first-order chi connectivity index (χ1) is 13.7. The molecule has 0 amide bonds. The first-order valence-corrected chi connectivity index (χ1v) is 11.1. The predicted octanol–water partition coefficient (Wildman–Crippen LogP) is 3.58. The predicted molar refractivity (Wildman–Crippen MR) is 109 cm³/mol. The van der Waals surface area contributed by atoms with E-state index < -0.39 is 11.9 Å². The van der Waals surface area contributed by atoms with Gasteiger partial charge < -0.3 is 19.3 Å². The van der Waals surface area contributed by atoms with Crippen LogP contribution in [0.5, 0.6) is 0 Å². The molecule has 8 heteroatoms. The maximum absolute atomic E-state index is 11.6. The van der Waals surface area contributed by atoms with Gasteiger partial charge in [0.05, 0.1) is 29.7 Å². The van der Waals surface area contributed by atoms with Crippen LogP contribution in [-0.4, -0.2) is 47.3 Å². The molecule has 3 heterocycles. The Balaban J connectivity index is 1.67. The molecule has 0 saturated carbocycles. The Morgan fingerprint density at radius 3 is 2.89 bits per heavy atom. The highest BCUT2D eigenvalue weighted by Gasteiger charge is 2.52. The van der Waals surface area contributed by atoms with Crippen LogP contribution in [0.1, 0.15) is 16.9 Å². The first-order valence-electron chi connectivity index (χ1n) is 8.97. The fourth-order valence-electron chi connectivity index (χ4n) is 3.47. The lowest BCUT2D eigenvalue weighted by Crippen LogP contribution is -2.37. The van der Waals surface area contributed by atoms with E-state index in [0.717, 1.165) is 16.0 Å². The Hall–Kier alpha value is -1.55. The number of nitrogens with zero attached hydrogens (tertiary/aromatic N) is 2. The van der Waals surface area contributed by atoms with E-state index in [9.17, 15) is 5.11 Å². The molecule has 3 unspecified atom stereocenters. The summed E-state index contributed by atoms with van der Waals surface area (Å²) in [5.74, 6) is -1.57. The normalized spacial score (nSPS) is 24.8. The van der Waals surface area contributed by atoms with Crippen LogP contribution >= 0.6 is 23.1 Å². The number of fused-ring (bicyclic) bond motifs is 1. The number of aliphatic hydroxyl groups is 1. The molecule has 4 rings (SSSR count). The van der Waals surface area contributed by atoms with Gasteiger partial charge >= 0.3 is 0 Å². The highest BCUT2D eigenvalue weighted by molar-refractivity contribution is 7.98. The Morgan fingerprint density at radius 1 is 1.32 bits per heavy atom. The van der Waals surface area contributed by atoms with Gasteiger partial charge in [0.1, 0.15) is 17.5 Å². The maximum Gasteiger partial charge on any atom is 0.231 e. The number of hydrogen-bond acceptors (Lipinski definition) is 8. The van der Waals surface area contributed by atoms with Gasteiger partial charge in [0, 0.05) is 24.3 Å². The Morgan fingerprint density at radius 2 is 2.14 bits per heavy atom. The zero-order chi connectivity index (χ0) is 19.6. The number of ether oxygens (including phenoxy) is 3. The average Bonchev–Trinajstić information content (AvgIpc) is 3.29. The number of thiophene rings is 1. The minimum atomic E-state index is -1.57. The quantitative estimate of drug-likeness (QED) is 0.464. The van der Waals surface area contributed by atoms with Crippen molar-refractivity contribution in [2.75, 3.05) is 20.0 Å². The van der Waals surface area contributed by atoms with Crippen molar-refractivity contribution in [3.05, 3.63) is 52.5 Å². The Kier molecular flexibility index (Phi) is 5.96. The van der Waals surface area contributed by atoms with Crippen molar-refractivity contribution in [3.63, 3.8) is 0 Å². The van der Waals surface area contributed by atoms with Crippen molar-refractivity contribution >= 4 is 34.0 Å². The van der Waals surface area contributed by atoms with Gasteiger partial charge in [-0.2, -0.15) is 0 Å². The summed E-state index contributed by atoms with van der Waals surface area (Å²) in [5, 5.41) is 15.4. The van der Waals surface area contributed by atoms with Crippen molar-refractivity contribution in [1.82, 2.24) is 9.97 Å². The zero-order valence-corrected chi connectivity index (χ0v) is 17.3. The van der Waals surface area contributed by atoms with Crippen molar-refractivity contribution in [3.8, 4) is 0 Å². The highest BCUT2D eigenvalue weighted by atomic mass is 32.2. The van der Waals surface area contributed by atoms with Gasteiger partial charge in [-0.3, -0.25) is 0 Å². The van der Waals surface area contributed by atoms with Gasteiger partial charge in [0.15, 0.2) is 0 Å². The summed E-state index contributed by atoms with van der Waals surface area (Å²) in [6.45, 7) is 0.785. The summed E-state index contributed by atoms with van der Waals surface area (Å²) in [6.07, 6.45) is 3.25. The molecule has 0 radical (unpaired) electrons. The van der Waals surface area contributed by atoms with E-state index in [-0.39, 0.29) is 6.10 Å². The number of methoxy groups -OCH3 is 1. The fourth-order valence-corrected chi connectivity index (χ4v) is 5.16. The summed E-state index contributed by atoms with van der Waals surface area (Å²) in [7, 11) is 1.62. The second kappa shape index (κ2) is 8.44. The molecule has 3 aromatic rings. The van der Waals surface area contributed by atoms with Gasteiger partial charge in [0.25, 0.3) is 0 Å². The van der Waals surface area contributed by atoms with Crippen molar-refractivity contribution < 1.29 is 19.3 Å². The molecule has 0 aliphatic carbocycles. The number of aromatic nitrogens is 2. The number of rotatable bonds is 7. The van der Waals surface area contributed by atoms with Crippen molar-refractivity contribution in [1.29, 1.82) is 0 Å². The second-order valence-electron chi connectivity index (χ2n) is 6.62. The smallest absolute Gasteiger partial charge is 0.231 e. The molecule has 2 aromatic heterocycles. The molecule has 1 aliphatic heterocycles. The molecule has 148 valence electrons. The van der Waals surface area contributed by atoms with E-state index in [2.05, 4.69) is 9.97 Å². The van der Waals surface area contributed by atoms with Gasteiger partial charge in [-0.05, 0) is 11.8 Å². The molecule has 1 aromatic carbocycles. The average molecular weight is 419 g/mol. The summed E-state index contributed by atoms with van der Waals surface area (Å²) in [6, 6.07) is 9.91. The van der Waals surface area contributed by atoms with Crippen LogP contribution < -0.4 is 0 Å². The Bertz CT molecular complexity index is 936. The van der Waals surface area contributed by atoms with E-state index in [1.807, 2.05) is 42.0 Å². The summed E-state index contributed by atoms with van der Waals surface area (Å²) < 4.78 is 17.5. The molecular weight excluding hydrogens is 396 g/mol. The zero-order valence-electron chi connectivity index (χ0n) is 15.7. The van der Waals surface area contributed by atoms with E-state index in [1.165, 1.54) is 17.7 Å². The summed E-state index contributed by atoms with van der Waals surface area (Å²) in [4.78, 5) is 9.38. The van der Waals surface area contributed by atoms with E-state index in [4.69, 9.17) is 14.2 Å². The molecule has 1 saturated heterocycles. The highest BCUT2D eigenvalue weighted by Crippen LogP contribution is 2.45. The first kappa shape index (κ1) is 19.8. The molecule has 28 heavy (non-hydrogen) atoms. The number of benzene rings is 1. The SMILES string of the molecule is COCC1CC(OCc2ccccc2)C(O)(c2scc3c(SC)ncnc23)O1. The number of hydrogen-bond donors (Lipinski definition) is 1. The lowest BCUT2D eigenvalue weighted by molar-refractivity contribution is -0.248. The lowest BCUT2D eigenvalue weighted by Gasteiger charge is -2.28. The third-order valence-electron chi connectivity index (χ3n) is 4.78. The molecule has 3 atom stereocenters. The molecule has 1 aliphatic rings. The maximum atomic E-state index is 11.6. The molecule has 0 spiro atoms. The van der Waals surface area contributed by atoms with Crippen LogP contribution in [-0.2, 0) is 26.6 Å². The summed E-state index contributed by atoms with van der Waals surface area (Å²) in [5.41, 5.74) is 1.75. The van der Waals surface area contributed by atoms with Gasteiger partial charge in [-0.1, -0.05) is 30.3 Å². The van der Waals surface area contributed by atoms with Crippen LogP contribution in [0, 0.1) is 0 Å². The van der Waals surface area contributed by atoms with E-state index >= 15 is 0 Å². The molecular formula is C20H22N2O4S2. The lowest BCUT2D eigenvalue weighted by atomic mass is 10.0. The van der Waals surface area contributed by atoms with E-state index in [0.29, 0.717) is 30.0 Å². The topological polar surface area (TPSA) is 73.7 Å². The van der Waals surface area contributed by atoms with Crippen LogP contribution in [0.4, 0.5) is 0 Å². The van der Waals surface area contributed by atoms with Crippen LogP contribution in [0.25, 0.3) is 10.9 Å². The summed E-state index contributed by atoms with van der Waals surface area (Å²) >= 11 is 2.97. The van der Waals surface area contributed by atoms with Crippen LogP contribution in [0.3, 0.4) is 0 Å². The third-order valence-corrected chi connectivity index (χ3v) is 6.57. The van der Waals surface area contributed by atoms with Crippen LogP contribution in [0.2, 0.25) is 0 Å². The fraction of sp³-hybridized carbons (Fsp3) is 0.400. The number of thioether (sulfide) groups is 1. The second-order valence-corrected chi connectivity index (χ2v) is 8.30. The largest absolute Gasteiger partial charge is 0.382 e. The minimum Gasteiger partial charge on any atom is -0.382 e. The van der Waals surface area contributed by atoms with Gasteiger partial charge in [0.2, 0.25) is 5.79 Å². The van der Waals surface area contributed by atoms with E-state index in [1.54, 1.807) is 18.9 Å².